The normalized spacial score (nSPS) is 21.4. The number of carbonyl (C=O) groups excluding carboxylic acids is 1. The van der Waals surface area contributed by atoms with Crippen molar-refractivity contribution in [3.8, 4) is 0 Å². The van der Waals surface area contributed by atoms with E-state index in [9.17, 15) is 31.1 Å². The summed E-state index contributed by atoms with van der Waals surface area (Å²) in [5.74, 6) is -0.0927. The third-order valence-electron chi connectivity index (χ3n) is 5.81. The molecule has 5 nitrogen and oxygen atoms in total. The molecule has 0 saturated carbocycles. The minimum Gasteiger partial charge on any atom is -0.374 e. The Labute approximate surface area is 195 Å². The molecule has 1 atom stereocenters. The highest BCUT2D eigenvalue weighted by Crippen LogP contribution is 2.50. The summed E-state index contributed by atoms with van der Waals surface area (Å²) in [4.78, 5) is 18.1. The van der Waals surface area contributed by atoms with Crippen molar-refractivity contribution in [2.45, 2.75) is 37.8 Å². The predicted octanol–water partition coefficient (Wildman–Crippen LogP) is 5.14. The van der Waals surface area contributed by atoms with Crippen molar-refractivity contribution in [3.63, 3.8) is 0 Å². The summed E-state index contributed by atoms with van der Waals surface area (Å²) < 4.78 is 82.2. The van der Waals surface area contributed by atoms with E-state index in [0.29, 0.717) is 30.9 Å². The van der Waals surface area contributed by atoms with E-state index in [1.54, 1.807) is 25.1 Å². The topological polar surface area (TPSA) is 53.9 Å². The number of hydrogen-bond donors (Lipinski definition) is 1. The van der Waals surface area contributed by atoms with Crippen LogP contribution in [0.2, 0.25) is 5.02 Å². The predicted molar refractivity (Wildman–Crippen MR) is 111 cm³/mol. The molecule has 0 spiro atoms. The van der Waals surface area contributed by atoms with Gasteiger partial charge in [0, 0.05) is 23.6 Å². The van der Waals surface area contributed by atoms with E-state index in [4.69, 9.17) is 16.4 Å². The van der Waals surface area contributed by atoms with Crippen molar-refractivity contribution in [2.75, 3.05) is 13.2 Å². The first kappa shape index (κ1) is 24.3. The molecule has 182 valence electrons. The van der Waals surface area contributed by atoms with Gasteiger partial charge >= 0.3 is 12.4 Å². The standard InChI is InChI=1S/C22H18ClF6N3O2/c1-12-4-13(2-3-14(12)9-32-10-19(33)30-11-32)18-8-20(34-31-18,22(27,28)29)15-5-16(21(24,25)26)7-17(23)6-15/h2-7H,8-11H2,1H3,(H,30,33). The van der Waals surface area contributed by atoms with Crippen molar-refractivity contribution >= 4 is 23.2 Å². The Balaban J connectivity index is 1.63. The van der Waals surface area contributed by atoms with Gasteiger partial charge in [0.1, 0.15) is 0 Å². The number of nitrogens with zero attached hydrogens (tertiary/aromatic N) is 2. The minimum absolute atomic E-state index is 0.0569. The molecule has 0 radical (unpaired) electrons. The Morgan fingerprint density at radius 1 is 1.15 bits per heavy atom. The van der Waals surface area contributed by atoms with E-state index in [2.05, 4.69) is 10.5 Å². The van der Waals surface area contributed by atoms with Gasteiger partial charge in [-0.1, -0.05) is 28.9 Å². The van der Waals surface area contributed by atoms with Crippen LogP contribution in [0.1, 0.15) is 34.2 Å². The number of carbonyl (C=O) groups is 1. The van der Waals surface area contributed by atoms with Crippen LogP contribution in [0, 0.1) is 6.92 Å². The van der Waals surface area contributed by atoms with Crippen LogP contribution < -0.4 is 5.32 Å². The van der Waals surface area contributed by atoms with Crippen LogP contribution in [0.5, 0.6) is 0 Å². The van der Waals surface area contributed by atoms with E-state index in [1.165, 1.54) is 0 Å². The van der Waals surface area contributed by atoms with Crippen LogP contribution in [-0.4, -0.2) is 35.9 Å². The van der Waals surface area contributed by atoms with Crippen LogP contribution in [0.15, 0.2) is 41.6 Å². The lowest BCUT2D eigenvalue weighted by Crippen LogP contribution is -2.43. The lowest BCUT2D eigenvalue weighted by Gasteiger charge is -2.30. The number of benzene rings is 2. The number of hydrogen-bond acceptors (Lipinski definition) is 4. The molecule has 1 amide bonds. The summed E-state index contributed by atoms with van der Waals surface area (Å²) in [6, 6.07) is 6.66. The van der Waals surface area contributed by atoms with Gasteiger partial charge < -0.3 is 10.2 Å². The number of alkyl halides is 6. The van der Waals surface area contributed by atoms with Crippen LogP contribution in [-0.2, 0) is 28.0 Å². The Kier molecular flexibility index (Phi) is 6.05. The molecule has 0 aliphatic carbocycles. The summed E-state index contributed by atoms with van der Waals surface area (Å²) in [5.41, 5.74) is -3.29. The van der Waals surface area contributed by atoms with Gasteiger partial charge in [0.15, 0.2) is 0 Å². The quantitative estimate of drug-likeness (QED) is 0.586. The second kappa shape index (κ2) is 8.46. The molecule has 2 heterocycles. The van der Waals surface area contributed by atoms with E-state index in [-0.39, 0.29) is 18.2 Å². The van der Waals surface area contributed by atoms with Crippen molar-refractivity contribution in [1.82, 2.24) is 10.2 Å². The molecule has 2 aliphatic heterocycles. The number of halogens is 7. The molecule has 1 unspecified atom stereocenters. The number of rotatable bonds is 4. The van der Waals surface area contributed by atoms with E-state index in [0.717, 1.165) is 17.2 Å². The monoisotopic (exact) mass is 505 g/mol. The maximum Gasteiger partial charge on any atom is 0.435 e. The Hall–Kier alpha value is -2.79. The van der Waals surface area contributed by atoms with Crippen LogP contribution in [0.25, 0.3) is 0 Å². The fourth-order valence-electron chi connectivity index (χ4n) is 3.97. The average molecular weight is 506 g/mol. The Morgan fingerprint density at radius 2 is 1.88 bits per heavy atom. The smallest absolute Gasteiger partial charge is 0.374 e. The van der Waals surface area contributed by atoms with Crippen LogP contribution in [0.3, 0.4) is 0 Å². The molecular formula is C22H18ClF6N3O2. The highest BCUT2D eigenvalue weighted by molar-refractivity contribution is 6.30. The van der Waals surface area contributed by atoms with E-state index in [1.807, 2.05) is 4.90 Å². The van der Waals surface area contributed by atoms with Gasteiger partial charge in [-0.15, -0.1) is 0 Å². The van der Waals surface area contributed by atoms with Gasteiger partial charge in [0.2, 0.25) is 5.91 Å². The van der Waals surface area contributed by atoms with Gasteiger partial charge in [-0.25, -0.2) is 0 Å². The minimum atomic E-state index is -5.07. The molecule has 2 aromatic rings. The summed E-state index contributed by atoms with van der Waals surface area (Å²) >= 11 is 5.73. The largest absolute Gasteiger partial charge is 0.435 e. The van der Waals surface area contributed by atoms with Crippen molar-refractivity contribution in [1.29, 1.82) is 0 Å². The second-order valence-electron chi connectivity index (χ2n) is 8.24. The molecular weight excluding hydrogens is 488 g/mol. The lowest BCUT2D eigenvalue weighted by molar-refractivity contribution is -0.276. The molecule has 12 heteroatoms. The van der Waals surface area contributed by atoms with Crippen LogP contribution >= 0.6 is 11.6 Å². The summed E-state index contributed by atoms with van der Waals surface area (Å²) in [6.07, 6.45) is -10.8. The first-order chi connectivity index (χ1) is 15.8. The zero-order valence-corrected chi connectivity index (χ0v) is 18.4. The highest BCUT2D eigenvalue weighted by Gasteiger charge is 2.62. The molecule has 2 aliphatic rings. The fourth-order valence-corrected chi connectivity index (χ4v) is 4.20. The average Bonchev–Trinajstić information content (AvgIpc) is 3.35. The molecule has 1 fully saturated rings. The Morgan fingerprint density at radius 3 is 2.47 bits per heavy atom. The van der Waals surface area contributed by atoms with E-state index >= 15 is 0 Å². The molecule has 2 aromatic carbocycles. The van der Waals surface area contributed by atoms with Gasteiger partial charge in [0.05, 0.1) is 24.5 Å². The number of oxime groups is 1. The first-order valence-corrected chi connectivity index (χ1v) is 10.5. The SMILES string of the molecule is Cc1cc(C2=NOC(c3cc(Cl)cc(C(F)(F)F)c3)(C(F)(F)F)C2)ccc1CN1CNC(=O)C1. The molecule has 4 rings (SSSR count). The van der Waals surface area contributed by atoms with Gasteiger partial charge in [-0.2, -0.15) is 26.3 Å². The second-order valence-corrected chi connectivity index (χ2v) is 8.68. The summed E-state index contributed by atoms with van der Waals surface area (Å²) in [7, 11) is 0. The van der Waals surface area contributed by atoms with Gasteiger partial charge in [-0.05, 0) is 47.9 Å². The van der Waals surface area contributed by atoms with Crippen molar-refractivity contribution in [2.24, 2.45) is 5.16 Å². The zero-order valence-electron chi connectivity index (χ0n) is 17.6. The lowest BCUT2D eigenvalue weighted by atomic mass is 9.85. The maximum absolute atomic E-state index is 14.2. The number of amides is 1. The van der Waals surface area contributed by atoms with Gasteiger partial charge in [0.25, 0.3) is 5.60 Å². The van der Waals surface area contributed by atoms with Crippen molar-refractivity contribution in [3.05, 3.63) is 69.2 Å². The maximum atomic E-state index is 14.2. The third-order valence-corrected chi connectivity index (χ3v) is 6.03. The summed E-state index contributed by atoms with van der Waals surface area (Å²) in [5, 5.41) is 5.80. The number of aryl methyl sites for hydroxylation is 1. The Bertz CT molecular complexity index is 1160. The molecule has 0 bridgehead atoms. The van der Waals surface area contributed by atoms with E-state index < -0.39 is 40.5 Å². The molecule has 1 saturated heterocycles. The zero-order chi connectivity index (χ0) is 24.9. The third kappa shape index (κ3) is 4.58. The van der Waals surface area contributed by atoms with Crippen LogP contribution in [0.4, 0.5) is 26.3 Å². The molecule has 34 heavy (non-hydrogen) atoms. The first-order valence-electron chi connectivity index (χ1n) is 10.1. The summed E-state index contributed by atoms with van der Waals surface area (Å²) in [6.45, 7) is 2.87. The number of nitrogens with one attached hydrogen (secondary N) is 1. The highest BCUT2D eigenvalue weighted by atomic mass is 35.5. The fraction of sp³-hybridized carbons (Fsp3) is 0.364. The van der Waals surface area contributed by atoms with Crippen molar-refractivity contribution < 1.29 is 36.0 Å². The van der Waals surface area contributed by atoms with Gasteiger partial charge in [-0.3, -0.25) is 9.69 Å². The molecule has 1 N–H and O–H groups in total. The molecule has 0 aromatic heterocycles.